The molecule has 6 nitrogen and oxygen atoms in total. The van der Waals surface area contributed by atoms with Crippen molar-refractivity contribution in [2.24, 2.45) is 5.41 Å². The van der Waals surface area contributed by atoms with E-state index in [-0.39, 0.29) is 11.8 Å². The molecular formula is C24H28ClN3O3. The Morgan fingerprint density at radius 2 is 1.84 bits per heavy atom. The molecule has 1 saturated heterocycles. The van der Waals surface area contributed by atoms with E-state index in [0.29, 0.717) is 36.8 Å². The number of carbonyl (C=O) groups is 2. The number of likely N-dealkylation sites (N-methyl/N-ethyl adjacent to an activating group) is 1. The van der Waals surface area contributed by atoms with E-state index in [9.17, 15) is 9.59 Å². The largest absolute Gasteiger partial charge is 0.378 e. The lowest BCUT2D eigenvalue weighted by Crippen LogP contribution is -2.50. The van der Waals surface area contributed by atoms with E-state index in [1.807, 2.05) is 24.0 Å². The molecule has 2 aliphatic heterocycles. The average molecular weight is 442 g/mol. The normalized spacial score (nSPS) is 23.6. The number of fused-ring (bicyclic) bond motifs is 1. The van der Waals surface area contributed by atoms with Crippen LogP contribution in [0.3, 0.4) is 0 Å². The predicted molar refractivity (Wildman–Crippen MR) is 120 cm³/mol. The van der Waals surface area contributed by atoms with Crippen LogP contribution in [0.1, 0.15) is 30.6 Å². The van der Waals surface area contributed by atoms with Gasteiger partial charge in [-0.05, 0) is 50.3 Å². The third-order valence-electron chi connectivity index (χ3n) is 6.41. The van der Waals surface area contributed by atoms with Crippen LogP contribution in [-0.2, 0) is 9.53 Å². The number of hydrogen-bond donors (Lipinski definition) is 0. The molecule has 3 aliphatic rings. The van der Waals surface area contributed by atoms with Crippen molar-refractivity contribution in [3.05, 3.63) is 70.2 Å². The van der Waals surface area contributed by atoms with E-state index < -0.39 is 5.41 Å². The Hall–Kier alpha value is -2.57. The number of ether oxygens (including phenoxy) is 1. The summed E-state index contributed by atoms with van der Waals surface area (Å²) in [5.41, 5.74) is 3.09. The number of rotatable bonds is 4. The van der Waals surface area contributed by atoms with Crippen molar-refractivity contribution < 1.29 is 14.3 Å². The van der Waals surface area contributed by atoms with Crippen LogP contribution < -0.4 is 0 Å². The van der Waals surface area contributed by atoms with Gasteiger partial charge in [-0.2, -0.15) is 0 Å². The Morgan fingerprint density at radius 1 is 1.16 bits per heavy atom. The van der Waals surface area contributed by atoms with Crippen LogP contribution in [0.4, 0.5) is 0 Å². The molecule has 0 spiro atoms. The van der Waals surface area contributed by atoms with Crippen molar-refractivity contribution >= 4 is 23.4 Å². The number of morpholine rings is 1. The van der Waals surface area contributed by atoms with Gasteiger partial charge in [-0.1, -0.05) is 11.6 Å². The molecule has 1 aliphatic carbocycles. The van der Waals surface area contributed by atoms with E-state index >= 15 is 0 Å². The van der Waals surface area contributed by atoms with Crippen molar-refractivity contribution in [1.29, 1.82) is 0 Å². The Kier molecular flexibility index (Phi) is 5.95. The van der Waals surface area contributed by atoms with Crippen molar-refractivity contribution in [2.45, 2.75) is 20.3 Å². The summed E-state index contributed by atoms with van der Waals surface area (Å²) in [6, 6.07) is 6.93. The lowest BCUT2D eigenvalue weighted by Gasteiger charge is -2.49. The highest BCUT2D eigenvalue weighted by molar-refractivity contribution is 6.30. The zero-order valence-electron chi connectivity index (χ0n) is 18.2. The second-order valence-corrected chi connectivity index (χ2v) is 8.74. The lowest BCUT2D eigenvalue weighted by atomic mass is 9.72. The van der Waals surface area contributed by atoms with Crippen LogP contribution in [0.5, 0.6) is 0 Å². The summed E-state index contributed by atoms with van der Waals surface area (Å²) in [6.07, 6.45) is 6.36. The minimum Gasteiger partial charge on any atom is -0.378 e. The smallest absolute Gasteiger partial charge is 0.257 e. The summed E-state index contributed by atoms with van der Waals surface area (Å²) >= 11 is 5.97. The first-order valence-corrected chi connectivity index (χ1v) is 11.0. The van der Waals surface area contributed by atoms with Gasteiger partial charge in [0.15, 0.2) is 0 Å². The molecule has 7 heteroatoms. The van der Waals surface area contributed by atoms with Gasteiger partial charge >= 0.3 is 0 Å². The maximum atomic E-state index is 13.1. The van der Waals surface area contributed by atoms with Crippen molar-refractivity contribution in [2.75, 3.05) is 39.9 Å². The predicted octanol–water partition coefficient (Wildman–Crippen LogP) is 3.67. The number of halogens is 1. The van der Waals surface area contributed by atoms with Crippen LogP contribution in [0.15, 0.2) is 59.6 Å². The van der Waals surface area contributed by atoms with E-state index in [0.717, 1.165) is 30.2 Å². The molecule has 2 amide bonds. The molecule has 164 valence electrons. The first kappa shape index (κ1) is 21.7. The van der Waals surface area contributed by atoms with Crippen LogP contribution >= 0.6 is 11.6 Å². The Bertz CT molecular complexity index is 976. The van der Waals surface area contributed by atoms with Gasteiger partial charge in [0.2, 0.25) is 0 Å². The molecule has 0 saturated carbocycles. The average Bonchev–Trinajstić information content (AvgIpc) is 2.78. The summed E-state index contributed by atoms with van der Waals surface area (Å²) in [6.45, 7) is 7.58. The van der Waals surface area contributed by atoms with E-state index in [1.165, 1.54) is 0 Å². The molecule has 0 bridgehead atoms. The van der Waals surface area contributed by atoms with Gasteiger partial charge in [-0.3, -0.25) is 9.59 Å². The Labute approximate surface area is 188 Å². The Balaban J connectivity index is 1.68. The number of hydrogen-bond acceptors (Lipinski definition) is 4. The van der Waals surface area contributed by atoms with Gasteiger partial charge < -0.3 is 19.4 Å². The summed E-state index contributed by atoms with van der Waals surface area (Å²) < 4.78 is 5.52. The fourth-order valence-electron chi connectivity index (χ4n) is 4.67. The lowest BCUT2D eigenvalue weighted by molar-refractivity contribution is -0.126. The van der Waals surface area contributed by atoms with Gasteiger partial charge in [0.05, 0.1) is 18.6 Å². The number of amides is 2. The summed E-state index contributed by atoms with van der Waals surface area (Å²) in [7, 11) is 1.80. The number of nitrogens with zero attached hydrogens (tertiary/aromatic N) is 3. The second kappa shape index (κ2) is 8.52. The van der Waals surface area contributed by atoms with Gasteiger partial charge in [0.25, 0.3) is 11.8 Å². The molecule has 2 heterocycles. The quantitative estimate of drug-likeness (QED) is 0.715. The van der Waals surface area contributed by atoms with Crippen LogP contribution in [0.2, 0.25) is 5.02 Å². The first-order valence-electron chi connectivity index (χ1n) is 10.7. The van der Waals surface area contributed by atoms with Gasteiger partial charge in [0.1, 0.15) is 0 Å². The third kappa shape index (κ3) is 3.90. The second-order valence-electron chi connectivity index (χ2n) is 8.30. The fraction of sp³-hybridized carbons (Fsp3) is 0.417. The molecule has 0 radical (unpaired) electrons. The highest BCUT2D eigenvalue weighted by Gasteiger charge is 2.46. The molecule has 1 unspecified atom stereocenters. The van der Waals surface area contributed by atoms with Crippen molar-refractivity contribution in [1.82, 2.24) is 14.7 Å². The maximum absolute atomic E-state index is 13.1. The van der Waals surface area contributed by atoms with Crippen molar-refractivity contribution in [3.63, 3.8) is 0 Å². The molecular weight excluding hydrogens is 414 g/mol. The van der Waals surface area contributed by atoms with Gasteiger partial charge in [-0.15, -0.1) is 0 Å². The maximum Gasteiger partial charge on any atom is 0.257 e. The highest BCUT2D eigenvalue weighted by Crippen LogP contribution is 2.49. The van der Waals surface area contributed by atoms with Crippen LogP contribution in [-0.4, -0.2) is 66.4 Å². The molecule has 1 atom stereocenters. The molecule has 4 rings (SSSR count). The zero-order chi connectivity index (χ0) is 22.2. The van der Waals surface area contributed by atoms with Gasteiger partial charge in [0, 0.05) is 66.9 Å². The zero-order valence-corrected chi connectivity index (χ0v) is 19.0. The van der Waals surface area contributed by atoms with E-state index in [2.05, 4.69) is 11.8 Å². The molecule has 0 N–H and O–H groups in total. The minimum atomic E-state index is -0.403. The van der Waals surface area contributed by atoms with Crippen LogP contribution in [0, 0.1) is 5.41 Å². The number of benzene rings is 1. The third-order valence-corrected chi connectivity index (χ3v) is 6.66. The first-order chi connectivity index (χ1) is 14.8. The molecule has 31 heavy (non-hydrogen) atoms. The summed E-state index contributed by atoms with van der Waals surface area (Å²) in [4.78, 5) is 31.7. The summed E-state index contributed by atoms with van der Waals surface area (Å²) in [5, 5.41) is 0.600. The minimum absolute atomic E-state index is 0.00941. The van der Waals surface area contributed by atoms with Crippen LogP contribution in [0.25, 0.3) is 0 Å². The van der Waals surface area contributed by atoms with E-state index in [1.54, 1.807) is 42.3 Å². The Morgan fingerprint density at radius 3 is 2.48 bits per heavy atom. The standard InChI is InChI=1S/C24H28ClN3O3/c1-4-28-20-10-9-19(26(3)23(30)17-5-7-18(25)8-6-17)16-24(20,2)21(15-22(28)29)27-11-13-31-14-12-27/h5-10,15H,4,11-14,16H2,1-3H3. The highest BCUT2D eigenvalue weighted by atomic mass is 35.5. The van der Waals surface area contributed by atoms with Crippen molar-refractivity contribution in [3.8, 4) is 0 Å². The number of allylic oxidation sites excluding steroid dienone is 3. The number of carbonyl (C=O) groups excluding carboxylic acids is 2. The molecule has 1 aromatic rings. The summed E-state index contributed by atoms with van der Waals surface area (Å²) in [5.74, 6) is -0.0744. The molecule has 1 fully saturated rings. The monoisotopic (exact) mass is 441 g/mol. The van der Waals surface area contributed by atoms with E-state index in [4.69, 9.17) is 16.3 Å². The molecule has 0 aromatic heterocycles. The SMILES string of the molecule is CCN1C(=O)C=C(N2CCOCC2)C2(C)CC(N(C)C(=O)c3ccc(Cl)cc3)=CC=C12. The topological polar surface area (TPSA) is 53.1 Å². The molecule has 1 aromatic carbocycles. The van der Waals surface area contributed by atoms with Gasteiger partial charge in [-0.25, -0.2) is 0 Å². The fourth-order valence-corrected chi connectivity index (χ4v) is 4.80.